The predicted molar refractivity (Wildman–Crippen MR) is 72.4 cm³/mol. The van der Waals surface area contributed by atoms with Gasteiger partial charge in [0.15, 0.2) is 0 Å². The molecule has 0 aromatic heterocycles. The second kappa shape index (κ2) is 6.43. The lowest BCUT2D eigenvalue weighted by Gasteiger charge is -2.38. The zero-order valence-electron chi connectivity index (χ0n) is 11.5. The molecule has 0 radical (unpaired) electrons. The van der Waals surface area contributed by atoms with E-state index in [1.807, 2.05) is 18.2 Å². The van der Waals surface area contributed by atoms with Gasteiger partial charge in [0.05, 0.1) is 12.6 Å². The Hall–Kier alpha value is -1.75. The molecule has 0 aliphatic carbocycles. The van der Waals surface area contributed by atoms with E-state index < -0.39 is 17.7 Å². The van der Waals surface area contributed by atoms with E-state index in [4.69, 9.17) is 4.74 Å². The smallest absolute Gasteiger partial charge is 0.408 e. The van der Waals surface area contributed by atoms with E-state index in [-0.39, 0.29) is 13.2 Å². The highest BCUT2D eigenvalue weighted by atomic mass is 16.5. The van der Waals surface area contributed by atoms with Gasteiger partial charge in [-0.3, -0.25) is 4.90 Å². The van der Waals surface area contributed by atoms with Crippen molar-refractivity contribution in [3.8, 4) is 5.75 Å². The molecule has 0 bridgehead atoms. The normalized spacial score (nSPS) is 12.8. The number of hydrogen-bond donors (Lipinski definition) is 2. The molecule has 19 heavy (non-hydrogen) atoms. The minimum Gasteiger partial charge on any atom is -0.491 e. The van der Waals surface area contributed by atoms with Crippen molar-refractivity contribution in [2.75, 3.05) is 13.2 Å². The second-order valence-electron chi connectivity index (χ2n) is 5.28. The van der Waals surface area contributed by atoms with Crippen LogP contribution in [0.15, 0.2) is 30.3 Å². The molecule has 1 rings (SSSR count). The molecule has 2 N–H and O–H groups in total. The molecule has 5 heteroatoms. The van der Waals surface area contributed by atoms with Crippen molar-refractivity contribution in [1.29, 1.82) is 0 Å². The van der Waals surface area contributed by atoms with Crippen LogP contribution in [0.4, 0.5) is 4.79 Å². The number of amides is 1. The van der Waals surface area contributed by atoms with Crippen LogP contribution in [0.5, 0.6) is 5.75 Å². The van der Waals surface area contributed by atoms with Crippen molar-refractivity contribution in [1.82, 2.24) is 4.90 Å². The van der Waals surface area contributed by atoms with Crippen LogP contribution in [0.2, 0.25) is 0 Å². The number of para-hydroxylation sites is 1. The van der Waals surface area contributed by atoms with E-state index in [0.29, 0.717) is 5.75 Å². The topological polar surface area (TPSA) is 70.0 Å². The first-order valence-electron chi connectivity index (χ1n) is 6.17. The third-order valence-electron chi connectivity index (χ3n) is 2.69. The largest absolute Gasteiger partial charge is 0.491 e. The Kier molecular flexibility index (Phi) is 5.18. The number of rotatable bonds is 5. The van der Waals surface area contributed by atoms with Crippen LogP contribution >= 0.6 is 0 Å². The van der Waals surface area contributed by atoms with Gasteiger partial charge >= 0.3 is 6.09 Å². The van der Waals surface area contributed by atoms with Crippen LogP contribution < -0.4 is 4.74 Å². The highest BCUT2D eigenvalue weighted by molar-refractivity contribution is 5.66. The third kappa shape index (κ3) is 4.44. The first-order chi connectivity index (χ1) is 8.86. The summed E-state index contributed by atoms with van der Waals surface area (Å²) in [4.78, 5) is 12.5. The van der Waals surface area contributed by atoms with Gasteiger partial charge in [-0.1, -0.05) is 18.2 Å². The average molecular weight is 267 g/mol. The third-order valence-corrected chi connectivity index (χ3v) is 2.69. The van der Waals surface area contributed by atoms with Crippen LogP contribution in [0.1, 0.15) is 20.8 Å². The van der Waals surface area contributed by atoms with Gasteiger partial charge in [0.1, 0.15) is 12.4 Å². The van der Waals surface area contributed by atoms with Gasteiger partial charge in [0.2, 0.25) is 0 Å². The highest BCUT2D eigenvalue weighted by Crippen LogP contribution is 2.18. The first kappa shape index (κ1) is 15.3. The SMILES string of the molecule is CC(C)(C)N(C(=O)O)C(CO)COc1ccccc1. The maximum absolute atomic E-state index is 11.3. The zero-order chi connectivity index (χ0) is 14.5. The van der Waals surface area contributed by atoms with Gasteiger partial charge in [-0.05, 0) is 32.9 Å². The summed E-state index contributed by atoms with van der Waals surface area (Å²) in [6.45, 7) is 5.19. The number of ether oxygens (including phenoxy) is 1. The predicted octanol–water partition coefficient (Wildman–Crippen LogP) is 2.20. The number of carboxylic acid groups (broad SMARTS) is 1. The number of hydrogen-bond acceptors (Lipinski definition) is 3. The van der Waals surface area contributed by atoms with E-state index in [9.17, 15) is 15.0 Å². The van der Waals surface area contributed by atoms with Crippen molar-refractivity contribution in [3.05, 3.63) is 30.3 Å². The molecule has 0 saturated carbocycles. The van der Waals surface area contributed by atoms with Gasteiger partial charge in [-0.2, -0.15) is 0 Å². The Labute approximate surface area is 113 Å². The van der Waals surface area contributed by atoms with Crippen molar-refractivity contribution in [3.63, 3.8) is 0 Å². The van der Waals surface area contributed by atoms with E-state index >= 15 is 0 Å². The van der Waals surface area contributed by atoms with Crippen LogP contribution in [0.25, 0.3) is 0 Å². The molecule has 5 nitrogen and oxygen atoms in total. The Balaban J connectivity index is 2.73. The van der Waals surface area contributed by atoms with E-state index in [0.717, 1.165) is 0 Å². The Morgan fingerprint density at radius 1 is 1.32 bits per heavy atom. The van der Waals surface area contributed by atoms with Gasteiger partial charge in [-0.25, -0.2) is 4.79 Å². The Bertz CT molecular complexity index is 400. The quantitative estimate of drug-likeness (QED) is 0.858. The van der Waals surface area contributed by atoms with E-state index in [2.05, 4.69) is 0 Å². The molecule has 1 amide bonds. The minimum absolute atomic E-state index is 0.115. The fourth-order valence-electron chi connectivity index (χ4n) is 1.91. The summed E-state index contributed by atoms with van der Waals surface area (Å²) >= 11 is 0. The lowest BCUT2D eigenvalue weighted by atomic mass is 10.0. The van der Waals surface area contributed by atoms with Gasteiger partial charge in [0.25, 0.3) is 0 Å². The number of carbonyl (C=O) groups is 1. The fourth-order valence-corrected chi connectivity index (χ4v) is 1.91. The first-order valence-corrected chi connectivity index (χ1v) is 6.17. The van der Waals surface area contributed by atoms with Crippen molar-refractivity contribution in [2.24, 2.45) is 0 Å². The summed E-state index contributed by atoms with van der Waals surface area (Å²) in [7, 11) is 0. The van der Waals surface area contributed by atoms with Gasteiger partial charge in [-0.15, -0.1) is 0 Å². The number of aliphatic hydroxyl groups is 1. The molecular formula is C14H21NO4. The highest BCUT2D eigenvalue weighted by Gasteiger charge is 2.33. The van der Waals surface area contributed by atoms with Crippen LogP contribution in [0.3, 0.4) is 0 Å². The van der Waals surface area contributed by atoms with Crippen LogP contribution in [0, 0.1) is 0 Å². The van der Waals surface area contributed by atoms with E-state index in [1.54, 1.807) is 32.9 Å². The van der Waals surface area contributed by atoms with E-state index in [1.165, 1.54) is 4.90 Å². The lowest BCUT2D eigenvalue weighted by Crippen LogP contribution is -2.54. The van der Waals surface area contributed by atoms with Crippen LogP contribution in [-0.4, -0.2) is 46.0 Å². The summed E-state index contributed by atoms with van der Waals surface area (Å²) in [6.07, 6.45) is -1.07. The molecule has 1 atom stereocenters. The molecule has 1 unspecified atom stereocenters. The molecule has 0 aliphatic heterocycles. The van der Waals surface area contributed by atoms with Gasteiger partial charge in [0, 0.05) is 5.54 Å². The summed E-state index contributed by atoms with van der Waals surface area (Å²) in [5.41, 5.74) is -0.598. The summed E-state index contributed by atoms with van der Waals surface area (Å²) in [6, 6.07) is 8.52. The second-order valence-corrected chi connectivity index (χ2v) is 5.28. The van der Waals surface area contributed by atoms with Crippen molar-refractivity contribution in [2.45, 2.75) is 32.4 Å². The molecule has 0 saturated heterocycles. The molecule has 0 aliphatic rings. The monoisotopic (exact) mass is 267 g/mol. The minimum atomic E-state index is -1.07. The number of aliphatic hydroxyl groups excluding tert-OH is 1. The molecular weight excluding hydrogens is 246 g/mol. The molecule has 0 fully saturated rings. The molecule has 1 aromatic carbocycles. The molecule has 0 spiro atoms. The Morgan fingerprint density at radius 3 is 2.32 bits per heavy atom. The summed E-state index contributed by atoms with van der Waals surface area (Å²) in [5, 5.41) is 18.7. The summed E-state index contributed by atoms with van der Waals surface area (Å²) < 4.78 is 5.52. The molecule has 0 heterocycles. The zero-order valence-corrected chi connectivity index (χ0v) is 11.5. The maximum Gasteiger partial charge on any atom is 0.408 e. The Morgan fingerprint density at radius 2 is 1.89 bits per heavy atom. The summed E-state index contributed by atoms with van der Waals surface area (Å²) in [5.74, 6) is 0.653. The number of nitrogens with zero attached hydrogens (tertiary/aromatic N) is 1. The van der Waals surface area contributed by atoms with Gasteiger partial charge < -0.3 is 14.9 Å². The lowest BCUT2D eigenvalue weighted by molar-refractivity contribution is 0.0267. The standard InChI is InChI=1S/C14H21NO4/c1-14(2,3)15(13(17)18)11(9-16)10-19-12-7-5-4-6-8-12/h4-8,11,16H,9-10H2,1-3H3,(H,17,18). The molecule has 106 valence electrons. The number of benzene rings is 1. The van der Waals surface area contributed by atoms with Crippen molar-refractivity contribution < 1.29 is 19.7 Å². The van der Waals surface area contributed by atoms with Crippen LogP contribution in [-0.2, 0) is 0 Å². The van der Waals surface area contributed by atoms with Crippen molar-refractivity contribution >= 4 is 6.09 Å². The molecule has 1 aromatic rings. The average Bonchev–Trinajstić information content (AvgIpc) is 2.33. The maximum atomic E-state index is 11.3. The fraction of sp³-hybridized carbons (Fsp3) is 0.500.